The summed E-state index contributed by atoms with van der Waals surface area (Å²) in [6.07, 6.45) is -6.00. The first-order chi connectivity index (χ1) is 26.1. The average molecular weight is 799 g/mol. The fraction of sp³-hybridized carbons (Fsp3) is 0.953. The number of ether oxygens (including phenoxy) is 4. The fourth-order valence-corrected chi connectivity index (χ4v) is 13.5. The van der Waals surface area contributed by atoms with E-state index in [-0.39, 0.29) is 52.9 Å². The zero-order chi connectivity index (χ0) is 41.3. The number of rotatable bonds is 11. The highest BCUT2D eigenvalue weighted by atomic mass is 16.8. The monoisotopic (exact) mass is 799 g/mol. The molecule has 13 nitrogen and oxygen atoms in total. The normalized spacial score (nSPS) is 51.3. The van der Waals surface area contributed by atoms with Crippen LogP contribution in [0, 0.1) is 45.3 Å². The SMILES string of the molecule is CC(C)=CCCC(C)(O)C1CCC2(C)C1C(O)CC1C3(C)CCC(OC4OC(CO)C(O)C(O)C4OC4OC(CCO)C(O)C(O)C4O)C(C)(C)C3CCC12C. The number of aliphatic hydroxyl groups is 9. The molecule has 6 aliphatic rings. The third-order valence-electron chi connectivity index (χ3n) is 16.8. The topological polar surface area (TPSA) is 219 Å². The second-order valence-corrected chi connectivity index (χ2v) is 20.5. The predicted octanol–water partition coefficient (Wildman–Crippen LogP) is 2.54. The van der Waals surface area contributed by atoms with E-state index in [4.69, 9.17) is 18.9 Å². The van der Waals surface area contributed by atoms with Gasteiger partial charge in [-0.1, -0.05) is 46.3 Å². The van der Waals surface area contributed by atoms with Gasteiger partial charge in [0, 0.05) is 6.61 Å². The van der Waals surface area contributed by atoms with E-state index in [1.807, 2.05) is 6.92 Å². The molecule has 0 aromatic carbocycles. The van der Waals surface area contributed by atoms with Gasteiger partial charge in [0.25, 0.3) is 0 Å². The Morgan fingerprint density at radius 3 is 2.04 bits per heavy atom. The lowest BCUT2D eigenvalue weighted by atomic mass is 9.35. The van der Waals surface area contributed by atoms with Crippen molar-refractivity contribution < 1.29 is 64.9 Å². The zero-order valence-electron chi connectivity index (χ0n) is 35.0. The van der Waals surface area contributed by atoms with E-state index in [0.717, 1.165) is 38.5 Å². The number of hydrogen-bond acceptors (Lipinski definition) is 13. The lowest BCUT2D eigenvalue weighted by Gasteiger charge is -2.70. The molecule has 0 aromatic rings. The van der Waals surface area contributed by atoms with Crippen molar-refractivity contribution in [1.82, 2.24) is 0 Å². The maximum absolute atomic E-state index is 12.2. The van der Waals surface area contributed by atoms with Gasteiger partial charge in [-0.3, -0.25) is 0 Å². The maximum Gasteiger partial charge on any atom is 0.187 e. The van der Waals surface area contributed by atoms with Crippen LogP contribution in [0.4, 0.5) is 0 Å². The van der Waals surface area contributed by atoms with Crippen LogP contribution in [0.1, 0.15) is 120 Å². The van der Waals surface area contributed by atoms with Crippen LogP contribution in [0.2, 0.25) is 0 Å². The summed E-state index contributed by atoms with van der Waals surface area (Å²) in [5.74, 6) is 0.453. The summed E-state index contributed by atoms with van der Waals surface area (Å²) in [6, 6.07) is 0. The second kappa shape index (κ2) is 16.2. The minimum absolute atomic E-state index is 0.00914. The molecular formula is C43H74O13. The Labute approximate surface area is 333 Å². The van der Waals surface area contributed by atoms with Crippen LogP contribution in [0.5, 0.6) is 0 Å². The quantitative estimate of drug-likeness (QED) is 0.109. The van der Waals surface area contributed by atoms with Crippen LogP contribution in [-0.4, -0.2) is 138 Å². The molecule has 9 N–H and O–H groups in total. The average Bonchev–Trinajstić information content (AvgIpc) is 3.51. The van der Waals surface area contributed by atoms with Gasteiger partial charge >= 0.3 is 0 Å². The molecule has 2 heterocycles. The second-order valence-electron chi connectivity index (χ2n) is 20.5. The third-order valence-corrected chi connectivity index (χ3v) is 16.8. The van der Waals surface area contributed by atoms with Gasteiger partial charge in [-0.25, -0.2) is 0 Å². The van der Waals surface area contributed by atoms with E-state index in [0.29, 0.717) is 19.3 Å². The smallest absolute Gasteiger partial charge is 0.187 e. The van der Waals surface area contributed by atoms with Gasteiger partial charge in [0.05, 0.1) is 30.5 Å². The highest BCUT2D eigenvalue weighted by Gasteiger charge is 2.71. The number of allylic oxidation sites excluding steroid dienone is 2. The van der Waals surface area contributed by atoms with Crippen LogP contribution in [0.25, 0.3) is 0 Å². The molecule has 56 heavy (non-hydrogen) atoms. The molecule has 2 aliphatic heterocycles. The van der Waals surface area contributed by atoms with Gasteiger partial charge in [-0.05, 0) is 130 Å². The Balaban J connectivity index is 1.22. The number of aliphatic hydroxyl groups excluding tert-OH is 8. The lowest BCUT2D eigenvalue weighted by Crippen LogP contribution is -2.67. The minimum atomic E-state index is -1.72. The van der Waals surface area contributed by atoms with Crippen molar-refractivity contribution in [3.63, 3.8) is 0 Å². The Morgan fingerprint density at radius 1 is 0.750 bits per heavy atom. The van der Waals surface area contributed by atoms with Gasteiger partial charge in [0.15, 0.2) is 12.6 Å². The maximum atomic E-state index is 12.2. The summed E-state index contributed by atoms with van der Waals surface area (Å²) in [5.41, 5.74) is -0.395. The minimum Gasteiger partial charge on any atom is -0.396 e. The van der Waals surface area contributed by atoms with E-state index in [1.54, 1.807) is 0 Å². The zero-order valence-corrected chi connectivity index (χ0v) is 35.0. The van der Waals surface area contributed by atoms with Crippen molar-refractivity contribution in [2.75, 3.05) is 13.2 Å². The Hall–Kier alpha value is -0.780. The molecule has 20 unspecified atom stereocenters. The highest BCUT2D eigenvalue weighted by molar-refractivity contribution is 5.20. The van der Waals surface area contributed by atoms with E-state index in [9.17, 15) is 46.0 Å². The van der Waals surface area contributed by atoms with Crippen LogP contribution in [0.3, 0.4) is 0 Å². The number of hydrogen-bond donors (Lipinski definition) is 9. The standard InChI is InChI=1S/C43H74O13/c1-22(2)10-9-15-43(8,52)23-11-17-42(7)30(23)24(46)20-28-40(5)16-13-29(39(3,4)27(40)12-18-41(28,42)6)55-38-36(34(50)32(48)26(21-45)54-38)56-37-35(51)33(49)31(47)25(53-37)14-19-44/h10,23-38,44-52H,9,11-21H2,1-8H3. The van der Waals surface area contributed by atoms with Gasteiger partial charge in [0.1, 0.15) is 42.7 Å². The Kier molecular flexibility index (Phi) is 13.0. The molecule has 0 radical (unpaired) electrons. The molecule has 6 rings (SSSR count). The molecule has 13 heteroatoms. The first kappa shape index (κ1) is 44.8. The van der Waals surface area contributed by atoms with Gasteiger partial charge in [0.2, 0.25) is 0 Å². The molecule has 20 atom stereocenters. The molecule has 324 valence electrons. The summed E-state index contributed by atoms with van der Waals surface area (Å²) < 4.78 is 24.7. The molecule has 4 saturated carbocycles. The van der Waals surface area contributed by atoms with Crippen molar-refractivity contribution >= 4 is 0 Å². The van der Waals surface area contributed by atoms with Crippen molar-refractivity contribution in [1.29, 1.82) is 0 Å². The van der Waals surface area contributed by atoms with E-state index in [1.165, 1.54) is 5.57 Å². The van der Waals surface area contributed by atoms with E-state index in [2.05, 4.69) is 54.5 Å². The molecule has 0 spiro atoms. The van der Waals surface area contributed by atoms with Crippen LogP contribution in [0.15, 0.2) is 11.6 Å². The first-order valence-electron chi connectivity index (χ1n) is 21.4. The molecule has 0 bridgehead atoms. The molecule has 2 saturated heterocycles. The fourth-order valence-electron chi connectivity index (χ4n) is 13.5. The van der Waals surface area contributed by atoms with Crippen molar-refractivity contribution in [2.45, 2.75) is 199 Å². The van der Waals surface area contributed by atoms with Gasteiger partial charge in [-0.15, -0.1) is 0 Å². The van der Waals surface area contributed by atoms with Gasteiger partial charge in [-0.2, -0.15) is 0 Å². The van der Waals surface area contributed by atoms with Crippen molar-refractivity contribution in [2.24, 2.45) is 45.3 Å². The van der Waals surface area contributed by atoms with E-state index < -0.39 is 91.2 Å². The van der Waals surface area contributed by atoms with Crippen LogP contribution < -0.4 is 0 Å². The predicted molar refractivity (Wildman–Crippen MR) is 206 cm³/mol. The lowest BCUT2D eigenvalue weighted by molar-refractivity contribution is -0.378. The van der Waals surface area contributed by atoms with Crippen molar-refractivity contribution in [3.8, 4) is 0 Å². The van der Waals surface area contributed by atoms with E-state index >= 15 is 0 Å². The largest absolute Gasteiger partial charge is 0.396 e. The van der Waals surface area contributed by atoms with Gasteiger partial charge < -0.3 is 64.9 Å². The highest BCUT2D eigenvalue weighted by Crippen LogP contribution is 2.76. The molecule has 4 aliphatic carbocycles. The van der Waals surface area contributed by atoms with Crippen LogP contribution >= 0.6 is 0 Å². The molecule has 6 fully saturated rings. The Bertz CT molecular complexity index is 1390. The summed E-state index contributed by atoms with van der Waals surface area (Å²) in [7, 11) is 0. The summed E-state index contributed by atoms with van der Waals surface area (Å²) in [6.45, 7) is 16.8. The summed E-state index contributed by atoms with van der Waals surface area (Å²) in [4.78, 5) is 0. The Morgan fingerprint density at radius 2 is 1.39 bits per heavy atom. The third kappa shape index (κ3) is 7.38. The number of fused-ring (bicyclic) bond motifs is 5. The molecule has 0 amide bonds. The van der Waals surface area contributed by atoms with Crippen molar-refractivity contribution in [3.05, 3.63) is 11.6 Å². The summed E-state index contributed by atoms with van der Waals surface area (Å²) >= 11 is 0. The summed E-state index contributed by atoms with van der Waals surface area (Å²) in [5, 5.41) is 97.7. The molecule has 0 aromatic heterocycles. The molecular weight excluding hydrogens is 724 g/mol. The first-order valence-corrected chi connectivity index (χ1v) is 21.4. The van der Waals surface area contributed by atoms with Crippen LogP contribution in [-0.2, 0) is 18.9 Å².